The fourth-order valence-electron chi connectivity index (χ4n) is 2.38. The van der Waals surface area contributed by atoms with Crippen LogP contribution >= 0.6 is 0 Å². The van der Waals surface area contributed by atoms with Crippen LogP contribution in [0.5, 0.6) is 0 Å². The van der Waals surface area contributed by atoms with Gasteiger partial charge in [-0.1, -0.05) is 38.1 Å². The van der Waals surface area contributed by atoms with E-state index >= 15 is 0 Å². The first-order valence-corrected chi connectivity index (χ1v) is 8.98. The number of aromatic nitrogens is 1. The third kappa shape index (κ3) is 3.02. The van der Waals surface area contributed by atoms with Gasteiger partial charge in [0.05, 0.1) is 11.3 Å². The second-order valence-electron chi connectivity index (χ2n) is 6.69. The molecule has 0 saturated heterocycles. The number of fused-ring (bicyclic) bond motifs is 1. The first-order valence-electron chi connectivity index (χ1n) is 7.54. The molecule has 1 aromatic carbocycles. The summed E-state index contributed by atoms with van der Waals surface area (Å²) in [4.78, 5) is 24.3. The van der Waals surface area contributed by atoms with Gasteiger partial charge in [-0.2, -0.15) is 0 Å². The van der Waals surface area contributed by atoms with Gasteiger partial charge in [0.1, 0.15) is 11.4 Å². The van der Waals surface area contributed by atoms with E-state index in [1.807, 2.05) is 20.8 Å². The first-order chi connectivity index (χ1) is 11.6. The number of anilines is 1. The topological polar surface area (TPSA) is 110 Å². The molecule has 0 fully saturated rings. The summed E-state index contributed by atoms with van der Waals surface area (Å²) in [6.07, 6.45) is 0. The zero-order valence-electron chi connectivity index (χ0n) is 13.9. The van der Waals surface area contributed by atoms with Crippen molar-refractivity contribution in [2.45, 2.75) is 31.1 Å². The number of hydrogen-bond acceptors (Lipinski definition) is 6. The van der Waals surface area contributed by atoms with Crippen LogP contribution in [0, 0.1) is 0 Å². The second kappa shape index (κ2) is 5.69. The molecule has 0 spiro atoms. The second-order valence-corrected chi connectivity index (χ2v) is 8.52. The molecule has 0 saturated carbocycles. The van der Waals surface area contributed by atoms with Crippen LogP contribution in [0.3, 0.4) is 0 Å². The number of carbonyl (C=O) groups is 2. The number of nitrogens with zero attached hydrogens (tertiary/aromatic N) is 2. The summed E-state index contributed by atoms with van der Waals surface area (Å²) in [6.45, 7) is 5.16. The molecule has 25 heavy (non-hydrogen) atoms. The molecule has 2 amide bonds. The van der Waals surface area contributed by atoms with Crippen molar-refractivity contribution in [2.24, 2.45) is 0 Å². The lowest BCUT2D eigenvalue weighted by molar-refractivity contribution is -0.116. The Labute approximate surface area is 144 Å². The minimum absolute atomic E-state index is 0.0602. The normalized spacial score (nSPS) is 16.0. The molecule has 0 aliphatic carbocycles. The fourth-order valence-corrected chi connectivity index (χ4v) is 3.91. The average molecular weight is 363 g/mol. The Morgan fingerprint density at radius 3 is 2.56 bits per heavy atom. The van der Waals surface area contributed by atoms with E-state index in [2.05, 4.69) is 10.5 Å². The quantitative estimate of drug-likeness (QED) is 0.890. The molecule has 1 aliphatic heterocycles. The SMILES string of the molecule is CC(C)(C)c1cc(NC(=O)CN2C(=O)c3ccccc3S2(=O)=O)on1. The highest BCUT2D eigenvalue weighted by Crippen LogP contribution is 2.29. The summed E-state index contributed by atoms with van der Waals surface area (Å²) >= 11 is 0. The zero-order valence-corrected chi connectivity index (χ0v) is 14.8. The molecule has 9 heteroatoms. The van der Waals surface area contributed by atoms with Crippen LogP contribution in [0.2, 0.25) is 0 Å². The van der Waals surface area contributed by atoms with Crippen molar-refractivity contribution in [3.8, 4) is 0 Å². The van der Waals surface area contributed by atoms with Gasteiger partial charge in [0.15, 0.2) is 0 Å². The van der Waals surface area contributed by atoms with E-state index in [0.717, 1.165) is 0 Å². The third-order valence-corrected chi connectivity index (χ3v) is 5.53. The lowest BCUT2D eigenvalue weighted by Crippen LogP contribution is -2.37. The highest BCUT2D eigenvalue weighted by atomic mass is 32.2. The van der Waals surface area contributed by atoms with Crippen molar-refractivity contribution >= 4 is 27.7 Å². The Morgan fingerprint density at radius 2 is 1.96 bits per heavy atom. The summed E-state index contributed by atoms with van der Waals surface area (Å²) in [5.74, 6) is -1.32. The van der Waals surface area contributed by atoms with Gasteiger partial charge in [0.2, 0.25) is 11.8 Å². The van der Waals surface area contributed by atoms with Crippen LogP contribution in [-0.2, 0) is 20.2 Å². The Balaban J connectivity index is 1.76. The number of amides is 2. The largest absolute Gasteiger partial charge is 0.338 e. The maximum atomic E-state index is 12.4. The molecule has 1 aromatic heterocycles. The van der Waals surface area contributed by atoms with Crippen molar-refractivity contribution in [3.63, 3.8) is 0 Å². The van der Waals surface area contributed by atoms with E-state index in [-0.39, 0.29) is 21.8 Å². The van der Waals surface area contributed by atoms with Gasteiger partial charge in [0.25, 0.3) is 15.9 Å². The molecule has 0 unspecified atom stereocenters. The molecule has 3 rings (SSSR count). The van der Waals surface area contributed by atoms with Gasteiger partial charge in [-0.15, -0.1) is 0 Å². The van der Waals surface area contributed by atoms with Gasteiger partial charge in [0, 0.05) is 11.5 Å². The lowest BCUT2D eigenvalue weighted by atomic mass is 9.92. The van der Waals surface area contributed by atoms with E-state index in [1.165, 1.54) is 18.2 Å². The molecule has 1 N–H and O–H groups in total. The number of sulfonamides is 1. The molecule has 0 radical (unpaired) electrons. The van der Waals surface area contributed by atoms with Crippen molar-refractivity contribution in [2.75, 3.05) is 11.9 Å². The van der Waals surface area contributed by atoms with E-state index in [9.17, 15) is 18.0 Å². The van der Waals surface area contributed by atoms with Gasteiger partial charge in [-0.3, -0.25) is 14.9 Å². The maximum absolute atomic E-state index is 12.4. The highest BCUT2D eigenvalue weighted by Gasteiger charge is 2.41. The molecular weight excluding hydrogens is 346 g/mol. The maximum Gasteiger partial charge on any atom is 0.269 e. The summed E-state index contributed by atoms with van der Waals surface area (Å²) in [6, 6.07) is 7.41. The Bertz CT molecular complexity index is 956. The monoisotopic (exact) mass is 363 g/mol. The number of hydrogen-bond donors (Lipinski definition) is 1. The molecule has 1 aliphatic rings. The highest BCUT2D eigenvalue weighted by molar-refractivity contribution is 7.90. The van der Waals surface area contributed by atoms with Crippen molar-refractivity contribution in [3.05, 3.63) is 41.6 Å². The number of carbonyl (C=O) groups excluding carboxylic acids is 2. The molecule has 2 aromatic rings. The first kappa shape index (κ1) is 17.2. The summed E-state index contributed by atoms with van der Waals surface area (Å²) in [5.41, 5.74) is 0.438. The van der Waals surface area contributed by atoms with E-state index in [0.29, 0.717) is 10.00 Å². The van der Waals surface area contributed by atoms with Crippen LogP contribution in [0.15, 0.2) is 39.8 Å². The summed E-state index contributed by atoms with van der Waals surface area (Å²) in [5, 5.41) is 6.28. The Kier molecular flexibility index (Phi) is 3.91. The average Bonchev–Trinajstić information content (AvgIpc) is 3.06. The van der Waals surface area contributed by atoms with E-state index in [4.69, 9.17) is 4.52 Å². The molecule has 0 atom stereocenters. The van der Waals surface area contributed by atoms with Gasteiger partial charge < -0.3 is 4.52 Å². The predicted octanol–water partition coefficient (Wildman–Crippen LogP) is 1.76. The third-order valence-electron chi connectivity index (χ3n) is 3.74. The molecule has 0 bridgehead atoms. The molecule has 2 heterocycles. The smallest absolute Gasteiger partial charge is 0.269 e. The van der Waals surface area contributed by atoms with Crippen LogP contribution in [0.25, 0.3) is 0 Å². The van der Waals surface area contributed by atoms with E-state index < -0.39 is 28.4 Å². The van der Waals surface area contributed by atoms with Crippen LogP contribution < -0.4 is 5.32 Å². The lowest BCUT2D eigenvalue weighted by Gasteiger charge is -2.14. The van der Waals surface area contributed by atoms with Crippen molar-refractivity contribution in [1.82, 2.24) is 9.46 Å². The van der Waals surface area contributed by atoms with Crippen LogP contribution in [-0.4, -0.2) is 36.2 Å². The van der Waals surface area contributed by atoms with Gasteiger partial charge in [-0.05, 0) is 12.1 Å². The van der Waals surface area contributed by atoms with Crippen molar-refractivity contribution in [1.29, 1.82) is 0 Å². The van der Waals surface area contributed by atoms with Gasteiger partial charge in [-0.25, -0.2) is 12.7 Å². The Morgan fingerprint density at radius 1 is 1.28 bits per heavy atom. The van der Waals surface area contributed by atoms with Crippen LogP contribution in [0.4, 0.5) is 5.88 Å². The Hall–Kier alpha value is -2.68. The van der Waals surface area contributed by atoms with E-state index in [1.54, 1.807) is 12.1 Å². The number of benzene rings is 1. The summed E-state index contributed by atoms with van der Waals surface area (Å²) in [7, 11) is -4.02. The predicted molar refractivity (Wildman–Crippen MR) is 88.5 cm³/mol. The fraction of sp³-hybridized carbons (Fsp3) is 0.312. The standard InChI is InChI=1S/C16H17N3O5S/c1-16(2,3)12-8-14(24-18-12)17-13(20)9-19-15(21)10-6-4-5-7-11(10)25(19,22)23/h4-8H,9H2,1-3H3,(H,17,20). The molecular formula is C16H17N3O5S. The van der Waals surface area contributed by atoms with Gasteiger partial charge >= 0.3 is 0 Å². The number of nitrogens with one attached hydrogen (secondary N) is 1. The van der Waals surface area contributed by atoms with Crippen LogP contribution in [0.1, 0.15) is 36.8 Å². The minimum Gasteiger partial charge on any atom is -0.338 e. The zero-order chi connectivity index (χ0) is 18.4. The minimum atomic E-state index is -4.02. The number of rotatable bonds is 3. The molecule has 8 nitrogen and oxygen atoms in total. The molecule has 132 valence electrons. The summed E-state index contributed by atoms with van der Waals surface area (Å²) < 4.78 is 30.4. The van der Waals surface area contributed by atoms with Crippen molar-refractivity contribution < 1.29 is 22.5 Å².